The number of anilines is 6. The molecule has 62 heavy (non-hydrogen) atoms. The molecule has 0 aliphatic carbocycles. The quantitative estimate of drug-likeness (QED) is 0.168. The highest BCUT2D eigenvalue weighted by atomic mass is 16.3. The van der Waals surface area contributed by atoms with Crippen molar-refractivity contribution >= 4 is 99.5 Å². The number of hydrogen-bond acceptors (Lipinski definition) is 5. The van der Waals surface area contributed by atoms with Gasteiger partial charge in [-0.2, -0.15) is 5.26 Å². The maximum Gasteiger partial charge on any atom is 0.157 e. The first kappa shape index (κ1) is 37.2. The van der Waals surface area contributed by atoms with Gasteiger partial charge >= 0.3 is 0 Å². The fourth-order valence-electron chi connectivity index (χ4n) is 9.38. The Bertz CT molecular complexity index is 3460. The van der Waals surface area contributed by atoms with Gasteiger partial charge in [0.2, 0.25) is 0 Å². The van der Waals surface area contributed by atoms with E-state index in [0.717, 1.165) is 88.4 Å². The van der Waals surface area contributed by atoms with Crippen molar-refractivity contribution in [3.05, 3.63) is 191 Å². The molecule has 9 aromatic carbocycles. The van der Waals surface area contributed by atoms with Crippen molar-refractivity contribution in [1.82, 2.24) is 0 Å². The molecule has 0 bridgehead atoms. The third kappa shape index (κ3) is 5.75. The standard InChI is InChI=1S/C57H43N3O2/c1-33-15-11-19-52(37(33)5)59(50-17-9-7-13-35(50)3)43-23-21-39-27-45-47-31-48-46-28-40-22-24-44(60(51-18-10-8-14-36(51)4)53-20-12-16-34(2)38(53)6)26-42(40)30-55(46)62-57(48)49(32-58)56(47)61-54(45)29-41(39)25-43/h7-31H,1-6H3. The van der Waals surface area contributed by atoms with Crippen LogP contribution >= 0.6 is 0 Å². The maximum absolute atomic E-state index is 10.7. The lowest BCUT2D eigenvalue weighted by Crippen LogP contribution is -2.13. The summed E-state index contributed by atoms with van der Waals surface area (Å²) in [4.78, 5) is 4.70. The summed E-state index contributed by atoms with van der Waals surface area (Å²) >= 11 is 0. The van der Waals surface area contributed by atoms with Gasteiger partial charge in [0.1, 0.15) is 22.8 Å². The Balaban J connectivity index is 1.05. The van der Waals surface area contributed by atoms with Crippen LogP contribution in [0.2, 0.25) is 0 Å². The second-order valence-electron chi connectivity index (χ2n) is 16.8. The highest BCUT2D eigenvalue weighted by Gasteiger charge is 2.23. The first-order valence-electron chi connectivity index (χ1n) is 21.1. The van der Waals surface area contributed by atoms with Crippen LogP contribution in [0.3, 0.4) is 0 Å². The number of aryl methyl sites for hydroxylation is 4. The third-order valence-corrected chi connectivity index (χ3v) is 13.1. The lowest BCUT2D eigenvalue weighted by molar-refractivity contribution is 0.654. The van der Waals surface area contributed by atoms with Gasteiger partial charge in [0.05, 0.1) is 0 Å². The highest BCUT2D eigenvalue weighted by molar-refractivity contribution is 6.20. The Morgan fingerprint density at radius 3 is 1.24 bits per heavy atom. The number of benzene rings is 9. The zero-order valence-corrected chi connectivity index (χ0v) is 35.6. The van der Waals surface area contributed by atoms with E-state index in [4.69, 9.17) is 8.83 Å². The predicted octanol–water partition coefficient (Wildman–Crippen LogP) is 16.5. The van der Waals surface area contributed by atoms with E-state index in [0.29, 0.717) is 16.7 Å². The van der Waals surface area contributed by atoms with Crippen LogP contribution in [0, 0.1) is 52.9 Å². The minimum atomic E-state index is 0.403. The second-order valence-corrected chi connectivity index (χ2v) is 16.8. The van der Waals surface area contributed by atoms with E-state index in [-0.39, 0.29) is 0 Å². The molecule has 2 heterocycles. The first-order valence-corrected chi connectivity index (χ1v) is 21.1. The molecule has 0 amide bonds. The number of rotatable bonds is 6. The van der Waals surface area contributed by atoms with Gasteiger partial charge in [-0.3, -0.25) is 0 Å². The normalized spacial score (nSPS) is 11.7. The molecule has 0 aliphatic heterocycles. The molecular formula is C57H43N3O2. The molecule has 0 atom stereocenters. The van der Waals surface area contributed by atoms with Crippen molar-refractivity contribution in [3.63, 3.8) is 0 Å². The average Bonchev–Trinajstić information content (AvgIpc) is 3.82. The molecule has 0 fully saturated rings. The monoisotopic (exact) mass is 801 g/mol. The molecule has 2 aromatic heterocycles. The Kier molecular flexibility index (Phi) is 8.49. The van der Waals surface area contributed by atoms with Crippen LogP contribution in [0.5, 0.6) is 0 Å². The van der Waals surface area contributed by atoms with Crippen molar-refractivity contribution in [2.24, 2.45) is 0 Å². The maximum atomic E-state index is 10.7. The number of fused-ring (bicyclic) bond motifs is 8. The summed E-state index contributed by atoms with van der Waals surface area (Å²) in [5.41, 5.74) is 17.0. The SMILES string of the molecule is Cc1ccccc1N(c1ccc2cc3c(cc2c1)oc1c(C#N)c2oc4cc5cc(N(c6ccccc6C)c6cccc(C)c6C)ccc5cc4c2cc13)c1cccc(C)c1C. The second kappa shape index (κ2) is 14.1. The number of hydrogen-bond donors (Lipinski definition) is 0. The van der Waals surface area contributed by atoms with Crippen LogP contribution in [0.25, 0.3) is 65.4 Å². The van der Waals surface area contributed by atoms with E-state index in [1.54, 1.807) is 0 Å². The van der Waals surface area contributed by atoms with Crippen molar-refractivity contribution < 1.29 is 8.83 Å². The molecule has 0 radical (unpaired) electrons. The largest absolute Gasteiger partial charge is 0.454 e. The van der Waals surface area contributed by atoms with Gasteiger partial charge in [-0.15, -0.1) is 0 Å². The van der Waals surface area contributed by atoms with Crippen molar-refractivity contribution in [2.75, 3.05) is 9.80 Å². The predicted molar refractivity (Wildman–Crippen MR) is 259 cm³/mol. The van der Waals surface area contributed by atoms with Crippen LogP contribution in [0.15, 0.2) is 160 Å². The number of furan rings is 2. The molecule has 0 spiro atoms. The van der Waals surface area contributed by atoms with Gasteiger partial charge in [-0.05, 0) is 175 Å². The molecule has 298 valence electrons. The summed E-state index contributed by atoms with van der Waals surface area (Å²) in [6.45, 7) is 13.0. The van der Waals surface area contributed by atoms with Crippen LogP contribution < -0.4 is 9.80 Å². The summed E-state index contributed by atoms with van der Waals surface area (Å²) in [5, 5.41) is 18.7. The molecule has 0 aliphatic rings. The van der Waals surface area contributed by atoms with E-state index in [1.807, 2.05) is 0 Å². The van der Waals surface area contributed by atoms with Gasteiger partial charge in [-0.25, -0.2) is 0 Å². The molecule has 0 saturated carbocycles. The lowest BCUT2D eigenvalue weighted by Gasteiger charge is -2.29. The summed E-state index contributed by atoms with van der Waals surface area (Å²) in [6.07, 6.45) is 0. The molecule has 0 N–H and O–H groups in total. The van der Waals surface area contributed by atoms with E-state index >= 15 is 0 Å². The molecule has 11 rings (SSSR count). The van der Waals surface area contributed by atoms with E-state index in [2.05, 4.69) is 209 Å². The summed E-state index contributed by atoms with van der Waals surface area (Å²) in [6, 6.07) is 56.5. The van der Waals surface area contributed by atoms with Crippen LogP contribution in [-0.4, -0.2) is 0 Å². The number of nitriles is 1. The van der Waals surface area contributed by atoms with E-state index in [1.165, 1.54) is 33.4 Å². The zero-order chi connectivity index (χ0) is 42.4. The molecule has 0 saturated heterocycles. The van der Waals surface area contributed by atoms with E-state index < -0.39 is 0 Å². The van der Waals surface area contributed by atoms with Crippen LogP contribution in [0.1, 0.15) is 38.9 Å². The lowest BCUT2D eigenvalue weighted by atomic mass is 10.00. The molecule has 5 heteroatoms. The van der Waals surface area contributed by atoms with Gasteiger partial charge < -0.3 is 18.6 Å². The molecule has 5 nitrogen and oxygen atoms in total. The van der Waals surface area contributed by atoms with Gasteiger partial charge in [0.15, 0.2) is 11.2 Å². The first-order chi connectivity index (χ1) is 30.2. The fraction of sp³-hybridized carbons (Fsp3) is 0.105. The van der Waals surface area contributed by atoms with Crippen molar-refractivity contribution in [3.8, 4) is 6.07 Å². The van der Waals surface area contributed by atoms with Gasteiger partial charge in [0, 0.05) is 55.7 Å². The Labute approximate surface area is 360 Å². The fourth-order valence-corrected chi connectivity index (χ4v) is 9.38. The van der Waals surface area contributed by atoms with Crippen molar-refractivity contribution in [1.29, 1.82) is 5.26 Å². The summed E-state index contributed by atoms with van der Waals surface area (Å²) in [7, 11) is 0. The summed E-state index contributed by atoms with van der Waals surface area (Å²) < 4.78 is 13.3. The number of nitrogens with zero attached hydrogens (tertiary/aromatic N) is 3. The van der Waals surface area contributed by atoms with Gasteiger partial charge in [-0.1, -0.05) is 72.8 Å². The Morgan fingerprint density at radius 2 is 0.806 bits per heavy atom. The topological polar surface area (TPSA) is 56.6 Å². The van der Waals surface area contributed by atoms with E-state index in [9.17, 15) is 5.26 Å². The zero-order valence-electron chi connectivity index (χ0n) is 35.6. The Hall–Kier alpha value is -7.81. The molecule has 11 aromatic rings. The molecule has 0 unspecified atom stereocenters. The smallest absolute Gasteiger partial charge is 0.157 e. The average molecular weight is 802 g/mol. The van der Waals surface area contributed by atoms with Crippen LogP contribution in [-0.2, 0) is 0 Å². The minimum Gasteiger partial charge on any atom is -0.454 e. The molecular weight excluding hydrogens is 759 g/mol. The van der Waals surface area contributed by atoms with Gasteiger partial charge in [0.25, 0.3) is 0 Å². The highest BCUT2D eigenvalue weighted by Crippen LogP contribution is 2.45. The third-order valence-electron chi connectivity index (χ3n) is 13.1. The minimum absolute atomic E-state index is 0.403. The van der Waals surface area contributed by atoms with Crippen LogP contribution in [0.4, 0.5) is 34.1 Å². The van der Waals surface area contributed by atoms with Crippen molar-refractivity contribution in [2.45, 2.75) is 41.5 Å². The Morgan fingerprint density at radius 1 is 0.387 bits per heavy atom. The number of para-hydroxylation sites is 2. The summed E-state index contributed by atoms with van der Waals surface area (Å²) in [5.74, 6) is 0.